The highest BCUT2D eigenvalue weighted by molar-refractivity contribution is 6.31. The Balaban J connectivity index is 1.95. The van der Waals surface area contributed by atoms with Crippen molar-refractivity contribution in [1.82, 2.24) is 9.97 Å². The molecule has 0 saturated carbocycles. The molecule has 0 aliphatic carbocycles. The highest BCUT2D eigenvalue weighted by Gasteiger charge is 2.34. The zero-order chi connectivity index (χ0) is 21.2. The van der Waals surface area contributed by atoms with Crippen LogP contribution in [0.3, 0.4) is 0 Å². The third-order valence-electron chi connectivity index (χ3n) is 4.45. The lowest BCUT2D eigenvalue weighted by Gasteiger charge is -2.29. The third kappa shape index (κ3) is 4.48. The molecule has 1 atom stereocenters. The quantitative estimate of drug-likeness (QED) is 0.609. The van der Waals surface area contributed by atoms with Gasteiger partial charge in [-0.25, -0.2) is 14.8 Å². The van der Waals surface area contributed by atoms with Gasteiger partial charge in [0.2, 0.25) is 0 Å². The normalized spacial score (nSPS) is 12.4. The lowest BCUT2D eigenvalue weighted by molar-refractivity contribution is -0.137. The number of nitrogens with two attached hydrogens (primary N) is 1. The van der Waals surface area contributed by atoms with Gasteiger partial charge in [-0.2, -0.15) is 13.2 Å². The maximum absolute atomic E-state index is 13.2. The second kappa shape index (κ2) is 8.08. The van der Waals surface area contributed by atoms with Crippen LogP contribution in [0.4, 0.5) is 23.7 Å². The van der Waals surface area contributed by atoms with Crippen molar-refractivity contribution in [1.29, 1.82) is 0 Å². The second-order valence-electron chi connectivity index (χ2n) is 6.30. The van der Waals surface area contributed by atoms with Gasteiger partial charge in [0.05, 0.1) is 16.6 Å². The van der Waals surface area contributed by atoms with Crippen molar-refractivity contribution >= 4 is 23.3 Å². The van der Waals surface area contributed by atoms with Crippen molar-refractivity contribution in [3.63, 3.8) is 0 Å². The van der Waals surface area contributed by atoms with Crippen LogP contribution >= 0.6 is 11.6 Å². The molecule has 0 spiro atoms. The summed E-state index contributed by atoms with van der Waals surface area (Å²) in [4.78, 5) is 21.1. The molecule has 1 aromatic heterocycles. The van der Waals surface area contributed by atoms with Gasteiger partial charge in [0.1, 0.15) is 6.33 Å². The minimum Gasteiger partial charge on any atom is -0.351 e. The van der Waals surface area contributed by atoms with Gasteiger partial charge in [-0.3, -0.25) is 4.90 Å². The van der Waals surface area contributed by atoms with E-state index in [1.54, 1.807) is 31.5 Å². The van der Waals surface area contributed by atoms with E-state index >= 15 is 0 Å². The lowest BCUT2D eigenvalue weighted by atomic mass is 10.0. The molecule has 0 aliphatic heterocycles. The SMILES string of the molecule is CC(c1ccc(-c2cncnc2)cc1)N(C(N)=O)c1ccc(Cl)c(C(F)(F)F)c1. The van der Waals surface area contributed by atoms with E-state index in [4.69, 9.17) is 17.3 Å². The van der Waals surface area contributed by atoms with E-state index in [0.717, 1.165) is 28.2 Å². The number of primary amides is 1. The van der Waals surface area contributed by atoms with Crippen molar-refractivity contribution in [3.8, 4) is 11.1 Å². The molecule has 2 amide bonds. The first kappa shape index (κ1) is 20.6. The number of urea groups is 1. The van der Waals surface area contributed by atoms with E-state index in [1.165, 1.54) is 12.4 Å². The molecule has 1 heterocycles. The molecule has 0 fully saturated rings. The number of amides is 2. The zero-order valence-corrected chi connectivity index (χ0v) is 15.9. The molecule has 3 rings (SSSR count). The molecule has 0 bridgehead atoms. The van der Waals surface area contributed by atoms with E-state index in [0.29, 0.717) is 5.56 Å². The highest BCUT2D eigenvalue weighted by atomic mass is 35.5. The Morgan fingerprint density at radius 2 is 1.69 bits per heavy atom. The van der Waals surface area contributed by atoms with Crippen molar-refractivity contribution in [3.05, 3.63) is 77.3 Å². The fraction of sp³-hybridized carbons (Fsp3) is 0.150. The molecule has 1 unspecified atom stereocenters. The molecule has 3 aromatic rings. The monoisotopic (exact) mass is 420 g/mol. The highest BCUT2D eigenvalue weighted by Crippen LogP contribution is 2.38. The fourth-order valence-corrected chi connectivity index (χ4v) is 3.20. The van der Waals surface area contributed by atoms with Crippen LogP contribution in [0, 0.1) is 0 Å². The number of alkyl halides is 3. The van der Waals surface area contributed by atoms with Crippen LogP contribution in [-0.4, -0.2) is 16.0 Å². The van der Waals surface area contributed by atoms with Gasteiger partial charge in [0.25, 0.3) is 0 Å². The first-order chi connectivity index (χ1) is 13.7. The molecule has 150 valence electrons. The maximum Gasteiger partial charge on any atom is 0.417 e. The number of hydrogen-bond donors (Lipinski definition) is 1. The van der Waals surface area contributed by atoms with Crippen LogP contribution < -0.4 is 10.6 Å². The van der Waals surface area contributed by atoms with Crippen LogP contribution in [-0.2, 0) is 6.18 Å². The zero-order valence-electron chi connectivity index (χ0n) is 15.2. The Morgan fingerprint density at radius 1 is 1.07 bits per heavy atom. The minimum absolute atomic E-state index is 0.00209. The van der Waals surface area contributed by atoms with Crippen molar-refractivity contribution in [2.45, 2.75) is 19.1 Å². The summed E-state index contributed by atoms with van der Waals surface area (Å²) in [6.07, 6.45) is 0.0894. The molecule has 0 aliphatic rings. The maximum atomic E-state index is 13.2. The van der Waals surface area contributed by atoms with Gasteiger partial charge in [-0.05, 0) is 36.2 Å². The van der Waals surface area contributed by atoms with Crippen molar-refractivity contribution in [2.75, 3.05) is 4.90 Å². The van der Waals surface area contributed by atoms with Crippen molar-refractivity contribution in [2.24, 2.45) is 5.73 Å². The number of carbonyl (C=O) groups is 1. The number of halogens is 4. The molecule has 9 heteroatoms. The average molecular weight is 421 g/mol. The molecule has 2 N–H and O–H groups in total. The number of carbonyl (C=O) groups excluding carboxylic acids is 1. The summed E-state index contributed by atoms with van der Waals surface area (Å²) in [6, 6.07) is 8.91. The van der Waals surface area contributed by atoms with E-state index in [-0.39, 0.29) is 5.69 Å². The molecular weight excluding hydrogens is 405 g/mol. The molecule has 0 saturated heterocycles. The predicted molar refractivity (Wildman–Crippen MR) is 104 cm³/mol. The van der Waals surface area contributed by atoms with Crippen LogP contribution in [0.25, 0.3) is 11.1 Å². The Kier molecular flexibility index (Phi) is 5.74. The Hall–Kier alpha value is -3.13. The first-order valence-corrected chi connectivity index (χ1v) is 8.87. The number of aromatic nitrogens is 2. The average Bonchev–Trinajstić information content (AvgIpc) is 2.69. The second-order valence-corrected chi connectivity index (χ2v) is 6.70. The van der Waals surface area contributed by atoms with Gasteiger partial charge in [0.15, 0.2) is 0 Å². The van der Waals surface area contributed by atoms with Gasteiger partial charge in [-0.1, -0.05) is 35.9 Å². The summed E-state index contributed by atoms with van der Waals surface area (Å²) in [5.41, 5.74) is 6.81. The lowest BCUT2D eigenvalue weighted by Crippen LogP contribution is -2.38. The van der Waals surface area contributed by atoms with Crippen LogP contribution in [0.5, 0.6) is 0 Å². The number of rotatable bonds is 4. The smallest absolute Gasteiger partial charge is 0.351 e. The van der Waals surface area contributed by atoms with E-state index < -0.39 is 28.8 Å². The van der Waals surface area contributed by atoms with Crippen LogP contribution in [0.2, 0.25) is 5.02 Å². The van der Waals surface area contributed by atoms with Gasteiger partial charge >= 0.3 is 12.2 Å². The minimum atomic E-state index is -4.65. The fourth-order valence-electron chi connectivity index (χ4n) is 2.97. The molecule has 2 aromatic carbocycles. The Bertz CT molecular complexity index is 1010. The van der Waals surface area contributed by atoms with E-state index in [9.17, 15) is 18.0 Å². The molecule has 5 nitrogen and oxygen atoms in total. The van der Waals surface area contributed by atoms with Crippen molar-refractivity contribution < 1.29 is 18.0 Å². The first-order valence-electron chi connectivity index (χ1n) is 8.49. The molecular formula is C20H16ClF3N4O. The molecule has 0 radical (unpaired) electrons. The predicted octanol–water partition coefficient (Wildman–Crippen LogP) is 5.46. The van der Waals surface area contributed by atoms with Gasteiger partial charge in [0, 0.05) is 23.6 Å². The largest absolute Gasteiger partial charge is 0.417 e. The standard InChI is InChI=1S/C20H16ClF3N4O/c1-12(13-2-4-14(5-3-13)15-9-26-11-27-10-15)28(19(25)29)16-6-7-18(21)17(8-16)20(22,23)24/h2-12H,1H3,(H2,25,29). The van der Waals surface area contributed by atoms with E-state index in [1.807, 2.05) is 12.1 Å². The van der Waals surface area contributed by atoms with Crippen LogP contribution in [0.15, 0.2) is 61.2 Å². The number of hydrogen-bond acceptors (Lipinski definition) is 3. The van der Waals surface area contributed by atoms with Gasteiger partial charge in [-0.15, -0.1) is 0 Å². The summed E-state index contributed by atoms with van der Waals surface area (Å²) in [5.74, 6) is 0. The number of benzene rings is 2. The molecule has 29 heavy (non-hydrogen) atoms. The number of nitrogens with zero attached hydrogens (tertiary/aromatic N) is 3. The summed E-state index contributed by atoms with van der Waals surface area (Å²) in [5, 5.41) is -0.451. The van der Waals surface area contributed by atoms with Gasteiger partial charge < -0.3 is 5.73 Å². The Morgan fingerprint density at radius 3 is 2.24 bits per heavy atom. The summed E-state index contributed by atoms with van der Waals surface area (Å²) in [7, 11) is 0. The number of anilines is 1. The third-order valence-corrected chi connectivity index (χ3v) is 4.77. The Labute approximate surface area is 170 Å². The summed E-state index contributed by atoms with van der Waals surface area (Å²) >= 11 is 5.67. The summed E-state index contributed by atoms with van der Waals surface area (Å²) < 4.78 is 39.6. The van der Waals surface area contributed by atoms with E-state index in [2.05, 4.69) is 9.97 Å². The summed E-state index contributed by atoms with van der Waals surface area (Å²) in [6.45, 7) is 1.67. The topological polar surface area (TPSA) is 72.1 Å². The van der Waals surface area contributed by atoms with Crippen LogP contribution in [0.1, 0.15) is 24.1 Å².